The van der Waals surface area contributed by atoms with Crippen LogP contribution in [0.4, 0.5) is 0 Å². The van der Waals surface area contributed by atoms with Gasteiger partial charge in [0.25, 0.3) is 0 Å². The first-order valence-corrected chi connectivity index (χ1v) is 8.89. The molecule has 1 saturated heterocycles. The van der Waals surface area contributed by atoms with Gasteiger partial charge in [-0.1, -0.05) is 6.07 Å². The molecule has 1 aromatic carbocycles. The van der Waals surface area contributed by atoms with Crippen LogP contribution in [-0.2, 0) is 11.3 Å². The van der Waals surface area contributed by atoms with E-state index in [1.165, 1.54) is 36.0 Å². The van der Waals surface area contributed by atoms with Crippen molar-refractivity contribution in [1.82, 2.24) is 4.90 Å². The van der Waals surface area contributed by atoms with E-state index in [0.717, 1.165) is 43.5 Å². The van der Waals surface area contributed by atoms with Gasteiger partial charge in [0.2, 0.25) is 0 Å². The quantitative estimate of drug-likeness (QED) is 0.748. The third kappa shape index (κ3) is 3.67. The highest BCUT2D eigenvalue weighted by atomic mass is 16.5. The summed E-state index contributed by atoms with van der Waals surface area (Å²) in [5.41, 5.74) is 5.89. The van der Waals surface area contributed by atoms with Crippen molar-refractivity contribution in [2.24, 2.45) is 5.92 Å². The highest BCUT2D eigenvalue weighted by Gasteiger charge is 2.32. The Morgan fingerprint density at radius 3 is 2.52 bits per heavy atom. The van der Waals surface area contributed by atoms with Crippen molar-refractivity contribution in [2.45, 2.75) is 59.5 Å². The summed E-state index contributed by atoms with van der Waals surface area (Å²) in [5.74, 6) is 0.859. The summed E-state index contributed by atoms with van der Waals surface area (Å²) in [6.07, 6.45) is 3.82. The minimum Gasteiger partial charge on any atom is -0.381 e. The number of ketones is 1. The Balaban J connectivity index is 1.84. The van der Waals surface area contributed by atoms with Gasteiger partial charge in [0, 0.05) is 31.3 Å². The molecule has 1 aromatic rings. The van der Waals surface area contributed by atoms with Crippen LogP contribution in [-0.4, -0.2) is 36.5 Å². The summed E-state index contributed by atoms with van der Waals surface area (Å²) in [5, 5.41) is 0. The van der Waals surface area contributed by atoms with Crippen molar-refractivity contribution in [2.75, 3.05) is 19.8 Å². The zero-order valence-corrected chi connectivity index (χ0v) is 14.9. The summed E-state index contributed by atoms with van der Waals surface area (Å²) in [7, 11) is 0. The number of rotatable bonds is 6. The zero-order chi connectivity index (χ0) is 16.6. The molecule has 3 rings (SSSR count). The Morgan fingerprint density at radius 2 is 1.96 bits per heavy atom. The van der Waals surface area contributed by atoms with Crippen LogP contribution in [0.25, 0.3) is 0 Å². The second-order valence-electron chi connectivity index (χ2n) is 7.44. The first kappa shape index (κ1) is 16.7. The summed E-state index contributed by atoms with van der Waals surface area (Å²) < 4.78 is 5.55. The average molecular weight is 315 g/mol. The third-order valence-electron chi connectivity index (χ3n) is 5.42. The van der Waals surface area contributed by atoms with Crippen LogP contribution >= 0.6 is 0 Å². The molecule has 3 heteroatoms. The van der Waals surface area contributed by atoms with Crippen molar-refractivity contribution < 1.29 is 9.53 Å². The molecule has 0 bridgehead atoms. The molecule has 2 aliphatic rings. The number of carbonyl (C=O) groups excluding carboxylic acids is 1. The molecular weight excluding hydrogens is 286 g/mol. The zero-order valence-electron chi connectivity index (χ0n) is 14.9. The van der Waals surface area contributed by atoms with Gasteiger partial charge in [-0.25, -0.2) is 0 Å². The van der Waals surface area contributed by atoms with E-state index in [1.807, 2.05) is 0 Å². The molecule has 0 radical (unpaired) electrons. The monoisotopic (exact) mass is 315 g/mol. The minimum atomic E-state index is 0.184. The highest BCUT2D eigenvalue weighted by Crippen LogP contribution is 2.32. The van der Waals surface area contributed by atoms with E-state index in [9.17, 15) is 4.79 Å². The maximum absolute atomic E-state index is 12.0. The van der Waals surface area contributed by atoms with Gasteiger partial charge in [0.05, 0.1) is 6.61 Å². The van der Waals surface area contributed by atoms with Crippen molar-refractivity contribution in [3.63, 3.8) is 0 Å². The summed E-state index contributed by atoms with van der Waals surface area (Å²) in [6, 6.07) is 2.92. The number of carbonyl (C=O) groups is 1. The van der Waals surface area contributed by atoms with Crippen molar-refractivity contribution >= 4 is 5.78 Å². The molecule has 0 amide bonds. The van der Waals surface area contributed by atoms with Crippen molar-refractivity contribution in [3.8, 4) is 0 Å². The fourth-order valence-electron chi connectivity index (χ4n) is 4.06. The predicted octanol–water partition coefficient (Wildman–Crippen LogP) is 3.82. The van der Waals surface area contributed by atoms with Gasteiger partial charge in [-0.05, 0) is 75.1 Å². The maximum atomic E-state index is 12.0. The standard InChI is InChI=1S/C20H29NO2/c1-13-9-14(2)20(16(4)22)15(3)19(13)11-21(18-5-6-18)10-17-7-8-23-12-17/h9,17-18H,5-8,10-12H2,1-4H3. The van der Waals surface area contributed by atoms with Crippen LogP contribution in [0.3, 0.4) is 0 Å². The fraction of sp³-hybridized carbons (Fsp3) is 0.650. The van der Waals surface area contributed by atoms with Gasteiger partial charge < -0.3 is 4.74 Å². The van der Waals surface area contributed by atoms with Crippen LogP contribution in [0.15, 0.2) is 6.07 Å². The first-order chi connectivity index (χ1) is 11.0. The lowest BCUT2D eigenvalue weighted by Crippen LogP contribution is -2.32. The van der Waals surface area contributed by atoms with E-state index < -0.39 is 0 Å². The van der Waals surface area contributed by atoms with Gasteiger partial charge in [-0.15, -0.1) is 0 Å². The van der Waals surface area contributed by atoms with Gasteiger partial charge >= 0.3 is 0 Å². The van der Waals surface area contributed by atoms with E-state index in [1.54, 1.807) is 6.92 Å². The topological polar surface area (TPSA) is 29.5 Å². The Kier molecular flexibility index (Phi) is 4.88. The van der Waals surface area contributed by atoms with Gasteiger partial charge in [-0.2, -0.15) is 0 Å². The van der Waals surface area contributed by atoms with Crippen LogP contribution < -0.4 is 0 Å². The molecule has 1 aliphatic heterocycles. The maximum Gasteiger partial charge on any atom is 0.160 e. The van der Waals surface area contributed by atoms with Crippen LogP contribution in [0.5, 0.6) is 0 Å². The van der Waals surface area contributed by atoms with E-state index in [2.05, 4.69) is 31.7 Å². The van der Waals surface area contributed by atoms with Gasteiger partial charge in [-0.3, -0.25) is 9.69 Å². The van der Waals surface area contributed by atoms with Crippen LogP contribution in [0.2, 0.25) is 0 Å². The largest absolute Gasteiger partial charge is 0.381 e. The summed E-state index contributed by atoms with van der Waals surface area (Å²) in [6.45, 7) is 12.0. The van der Waals surface area contributed by atoms with Crippen molar-refractivity contribution in [3.05, 3.63) is 33.9 Å². The lowest BCUT2D eigenvalue weighted by Gasteiger charge is -2.27. The lowest BCUT2D eigenvalue weighted by molar-refractivity contribution is 0.101. The Bertz CT molecular complexity index is 598. The van der Waals surface area contributed by atoms with Gasteiger partial charge in [0.1, 0.15) is 0 Å². The number of hydrogen-bond acceptors (Lipinski definition) is 3. The summed E-state index contributed by atoms with van der Waals surface area (Å²) >= 11 is 0. The molecule has 1 unspecified atom stereocenters. The smallest absolute Gasteiger partial charge is 0.160 e. The molecule has 0 N–H and O–H groups in total. The summed E-state index contributed by atoms with van der Waals surface area (Å²) in [4.78, 5) is 14.7. The Labute approximate surface area is 140 Å². The minimum absolute atomic E-state index is 0.184. The molecule has 1 saturated carbocycles. The molecule has 23 heavy (non-hydrogen) atoms. The fourth-order valence-corrected chi connectivity index (χ4v) is 4.06. The molecule has 2 fully saturated rings. The van der Waals surface area contributed by atoms with Crippen LogP contribution in [0.1, 0.15) is 58.8 Å². The molecule has 1 aliphatic carbocycles. The normalized spacial score (nSPS) is 21.2. The number of nitrogens with zero attached hydrogens (tertiary/aromatic N) is 1. The molecule has 3 nitrogen and oxygen atoms in total. The van der Waals surface area contributed by atoms with E-state index in [0.29, 0.717) is 5.92 Å². The predicted molar refractivity (Wildman–Crippen MR) is 93.0 cm³/mol. The molecule has 0 aromatic heterocycles. The molecule has 1 heterocycles. The van der Waals surface area contributed by atoms with E-state index in [-0.39, 0.29) is 5.78 Å². The van der Waals surface area contributed by atoms with Crippen LogP contribution in [0, 0.1) is 26.7 Å². The highest BCUT2D eigenvalue weighted by molar-refractivity contribution is 5.97. The van der Waals surface area contributed by atoms with Gasteiger partial charge in [0.15, 0.2) is 5.78 Å². The Morgan fingerprint density at radius 1 is 1.22 bits per heavy atom. The third-order valence-corrected chi connectivity index (χ3v) is 5.42. The molecule has 1 atom stereocenters. The second-order valence-corrected chi connectivity index (χ2v) is 7.44. The second kappa shape index (κ2) is 6.74. The van der Waals surface area contributed by atoms with E-state index >= 15 is 0 Å². The molecule has 0 spiro atoms. The molecular formula is C20H29NO2. The average Bonchev–Trinajstić information content (AvgIpc) is 3.19. The number of ether oxygens (including phenoxy) is 1. The number of hydrogen-bond donors (Lipinski definition) is 0. The van der Waals surface area contributed by atoms with Crippen molar-refractivity contribution in [1.29, 1.82) is 0 Å². The lowest BCUT2D eigenvalue weighted by atomic mass is 9.91. The number of Topliss-reactive ketones (excluding diaryl/α,β-unsaturated/α-hetero) is 1. The first-order valence-electron chi connectivity index (χ1n) is 8.89. The van der Waals surface area contributed by atoms with E-state index in [4.69, 9.17) is 4.74 Å². The Hall–Kier alpha value is -1.19. The number of aryl methyl sites for hydroxylation is 2. The SMILES string of the molecule is CC(=O)c1c(C)cc(C)c(CN(CC2CCOC2)C2CC2)c1C. The molecule has 126 valence electrons. The number of benzene rings is 1.